The average molecular weight is 502 g/mol. The lowest BCUT2D eigenvalue weighted by atomic mass is 10.1. The van der Waals surface area contributed by atoms with E-state index in [1.54, 1.807) is 7.05 Å². The van der Waals surface area contributed by atoms with Gasteiger partial charge in [0, 0.05) is 21.1 Å². The van der Waals surface area contributed by atoms with Crippen LogP contribution in [0.2, 0.25) is 0 Å². The summed E-state index contributed by atoms with van der Waals surface area (Å²) in [5, 5.41) is 8.63. The van der Waals surface area contributed by atoms with Crippen LogP contribution in [0, 0.1) is 0 Å². The summed E-state index contributed by atoms with van der Waals surface area (Å²) in [5.74, 6) is -0.340. The Hall–Kier alpha value is -4.27. The number of hydrogen-bond donors (Lipinski definition) is 3. The van der Waals surface area contributed by atoms with E-state index in [1.807, 2.05) is 0 Å². The number of piperidine rings is 1. The zero-order chi connectivity index (χ0) is 26.1. The molecule has 1 saturated heterocycles. The summed E-state index contributed by atoms with van der Waals surface area (Å²) in [7, 11) is 4.56. The monoisotopic (exact) mass is 501 g/mol. The first-order valence-corrected chi connectivity index (χ1v) is 11.3. The highest BCUT2D eigenvalue weighted by atomic mass is 16.4. The van der Waals surface area contributed by atoms with E-state index in [2.05, 4.69) is 24.8 Å². The smallest absolute Gasteiger partial charge is 0.332 e. The molecule has 4 aromatic rings. The molecule has 1 aliphatic rings. The van der Waals surface area contributed by atoms with E-state index >= 15 is 0 Å². The van der Waals surface area contributed by atoms with E-state index in [1.165, 1.54) is 48.8 Å². The lowest BCUT2D eigenvalue weighted by Gasteiger charge is -2.25. The number of carboxylic acids is 1. The van der Waals surface area contributed by atoms with Crippen molar-refractivity contribution in [1.29, 1.82) is 0 Å². The third-order valence-electron chi connectivity index (χ3n) is 6.15. The fraction of sp³-hybridized carbons (Fsp3) is 0.476. The van der Waals surface area contributed by atoms with Crippen LogP contribution in [-0.2, 0) is 39.0 Å². The van der Waals surface area contributed by atoms with Crippen molar-refractivity contribution in [2.24, 2.45) is 21.1 Å². The summed E-state index contributed by atoms with van der Waals surface area (Å²) >= 11 is 0. The Balaban J connectivity index is 0.000000174. The molecule has 15 nitrogen and oxygen atoms in total. The third-order valence-corrected chi connectivity index (χ3v) is 6.15. The van der Waals surface area contributed by atoms with Crippen LogP contribution >= 0.6 is 0 Å². The predicted molar refractivity (Wildman–Crippen MR) is 129 cm³/mol. The molecule has 4 aromatic heterocycles. The van der Waals surface area contributed by atoms with Gasteiger partial charge in [-0.1, -0.05) is 6.42 Å². The zero-order valence-corrected chi connectivity index (χ0v) is 20.1. The minimum atomic E-state index is -1.09. The molecule has 5 heterocycles. The second kappa shape index (κ2) is 9.77. The Bertz CT molecular complexity index is 1680. The number of aryl methyl sites for hydroxylation is 2. The average Bonchev–Trinajstić information content (AvgIpc) is 3.46. The number of hydrogen-bond acceptors (Lipinski definition) is 8. The van der Waals surface area contributed by atoms with Crippen molar-refractivity contribution in [2.45, 2.75) is 32.4 Å². The minimum absolute atomic E-state index is 0.0736. The standard InChI is InChI=1S/C13H19N5O2.C8H8N4O4/c1-16-11-10(12(19)17(2)13(16)20)14-9(15-11)8-18-6-4-3-5-7-18;1-11-6-5(7(15)10-8(11)16)12(3-9-6)2-4(13)14/h3-8H2,1-2H3,(H,14,15);3H,2H2,1H3,(H,13,14)(H,10,15,16). The second-order valence-electron chi connectivity index (χ2n) is 8.68. The fourth-order valence-electron chi connectivity index (χ4n) is 4.23. The summed E-state index contributed by atoms with van der Waals surface area (Å²) in [4.78, 5) is 72.9. The molecule has 15 heteroatoms. The van der Waals surface area contributed by atoms with Crippen molar-refractivity contribution in [1.82, 2.24) is 43.1 Å². The number of aromatic amines is 2. The molecule has 36 heavy (non-hydrogen) atoms. The van der Waals surface area contributed by atoms with Crippen molar-refractivity contribution < 1.29 is 9.90 Å². The molecular formula is C21H27N9O6. The molecule has 0 spiro atoms. The van der Waals surface area contributed by atoms with Crippen molar-refractivity contribution in [3.05, 3.63) is 53.8 Å². The van der Waals surface area contributed by atoms with Crippen LogP contribution in [-0.4, -0.2) is 67.3 Å². The first kappa shape index (κ1) is 24.8. The number of carboxylic acid groups (broad SMARTS) is 1. The van der Waals surface area contributed by atoms with Crippen LogP contribution in [0.5, 0.6) is 0 Å². The molecule has 1 fully saturated rings. The number of likely N-dealkylation sites (tertiary alicyclic amines) is 1. The van der Waals surface area contributed by atoms with Gasteiger partial charge in [-0.25, -0.2) is 19.6 Å². The van der Waals surface area contributed by atoms with Gasteiger partial charge in [-0.2, -0.15) is 0 Å². The highest BCUT2D eigenvalue weighted by Crippen LogP contribution is 2.12. The number of H-pyrrole nitrogens is 2. The lowest BCUT2D eigenvalue weighted by molar-refractivity contribution is -0.137. The number of aliphatic carboxylic acids is 1. The van der Waals surface area contributed by atoms with Gasteiger partial charge in [-0.3, -0.25) is 38.0 Å². The van der Waals surface area contributed by atoms with Gasteiger partial charge in [-0.05, 0) is 25.9 Å². The van der Waals surface area contributed by atoms with E-state index in [0.717, 1.165) is 28.0 Å². The van der Waals surface area contributed by atoms with Crippen LogP contribution in [0.4, 0.5) is 0 Å². The Labute approximate surface area is 202 Å². The van der Waals surface area contributed by atoms with Crippen LogP contribution in [0.1, 0.15) is 25.1 Å². The van der Waals surface area contributed by atoms with E-state index in [0.29, 0.717) is 17.7 Å². The third kappa shape index (κ3) is 4.64. The first-order valence-electron chi connectivity index (χ1n) is 11.3. The topological polar surface area (TPSA) is 186 Å². The van der Waals surface area contributed by atoms with Crippen molar-refractivity contribution in [2.75, 3.05) is 13.1 Å². The van der Waals surface area contributed by atoms with Crippen LogP contribution in [0.25, 0.3) is 22.3 Å². The summed E-state index contributed by atoms with van der Waals surface area (Å²) in [6.07, 6.45) is 4.92. The number of aromatic nitrogens is 8. The van der Waals surface area contributed by atoms with E-state index in [4.69, 9.17) is 5.11 Å². The van der Waals surface area contributed by atoms with E-state index < -0.39 is 17.2 Å². The molecule has 0 saturated carbocycles. The molecule has 0 radical (unpaired) electrons. The van der Waals surface area contributed by atoms with E-state index in [-0.39, 0.29) is 29.0 Å². The molecule has 0 amide bonds. The molecule has 192 valence electrons. The molecule has 0 aliphatic carbocycles. The van der Waals surface area contributed by atoms with Gasteiger partial charge in [0.2, 0.25) is 0 Å². The largest absolute Gasteiger partial charge is 0.480 e. The normalized spacial score (nSPS) is 14.2. The Morgan fingerprint density at radius 2 is 1.67 bits per heavy atom. The SMILES string of the molecule is Cn1c(=O)[nH]c(=O)c2c1ncn2CC(=O)O.Cn1c(=O)c2[nH]c(CN3CCCCC3)nc2n(C)c1=O. The molecule has 0 atom stereocenters. The molecular weight excluding hydrogens is 474 g/mol. The second-order valence-corrected chi connectivity index (χ2v) is 8.68. The summed E-state index contributed by atoms with van der Waals surface area (Å²) in [5.41, 5.74) is -0.819. The molecule has 0 aromatic carbocycles. The quantitative estimate of drug-likeness (QED) is 0.298. The van der Waals surface area contributed by atoms with Crippen molar-refractivity contribution in [3.63, 3.8) is 0 Å². The number of rotatable bonds is 4. The van der Waals surface area contributed by atoms with Crippen LogP contribution in [0.15, 0.2) is 25.5 Å². The maximum atomic E-state index is 12.1. The van der Waals surface area contributed by atoms with Crippen molar-refractivity contribution in [3.8, 4) is 0 Å². The van der Waals surface area contributed by atoms with Crippen molar-refractivity contribution >= 4 is 28.3 Å². The van der Waals surface area contributed by atoms with Gasteiger partial charge >= 0.3 is 17.3 Å². The van der Waals surface area contributed by atoms with E-state index in [9.17, 15) is 24.0 Å². The first-order chi connectivity index (χ1) is 17.1. The zero-order valence-electron chi connectivity index (χ0n) is 20.1. The van der Waals surface area contributed by atoms with Gasteiger partial charge in [-0.15, -0.1) is 0 Å². The minimum Gasteiger partial charge on any atom is -0.480 e. The summed E-state index contributed by atoms with van der Waals surface area (Å²) in [6, 6.07) is 0. The Kier molecular flexibility index (Phi) is 6.74. The fourth-order valence-corrected chi connectivity index (χ4v) is 4.23. The number of fused-ring (bicyclic) bond motifs is 2. The summed E-state index contributed by atoms with van der Waals surface area (Å²) in [6.45, 7) is 2.45. The number of carbonyl (C=O) groups is 1. The van der Waals surface area contributed by atoms with Crippen LogP contribution < -0.4 is 22.5 Å². The van der Waals surface area contributed by atoms with Gasteiger partial charge in [0.15, 0.2) is 16.8 Å². The lowest BCUT2D eigenvalue weighted by Crippen LogP contribution is -2.36. The number of nitrogens with zero attached hydrogens (tertiary/aromatic N) is 7. The van der Waals surface area contributed by atoms with Gasteiger partial charge < -0.3 is 14.7 Å². The number of imidazole rings is 2. The molecule has 0 unspecified atom stereocenters. The number of nitrogens with one attached hydrogen (secondary N) is 2. The van der Waals surface area contributed by atoms with Gasteiger partial charge in [0.1, 0.15) is 17.9 Å². The molecule has 1 aliphatic heterocycles. The highest BCUT2D eigenvalue weighted by molar-refractivity contribution is 5.74. The molecule has 3 N–H and O–H groups in total. The van der Waals surface area contributed by atoms with Gasteiger partial charge in [0.25, 0.3) is 11.1 Å². The van der Waals surface area contributed by atoms with Crippen LogP contribution in [0.3, 0.4) is 0 Å². The maximum absolute atomic E-state index is 12.1. The van der Waals surface area contributed by atoms with Gasteiger partial charge in [0.05, 0.1) is 12.9 Å². The molecule has 5 rings (SSSR count). The Morgan fingerprint density at radius 1 is 0.972 bits per heavy atom. The predicted octanol–water partition coefficient (Wildman–Crippen LogP) is -1.55. The highest BCUT2D eigenvalue weighted by Gasteiger charge is 2.17. The Morgan fingerprint density at radius 3 is 2.33 bits per heavy atom. The maximum Gasteiger partial charge on any atom is 0.332 e. The summed E-state index contributed by atoms with van der Waals surface area (Å²) < 4.78 is 4.84. The molecule has 0 bridgehead atoms.